The van der Waals surface area contributed by atoms with Crippen molar-refractivity contribution in [2.45, 2.75) is 20.8 Å². The van der Waals surface area contributed by atoms with Gasteiger partial charge in [0.2, 0.25) is 5.91 Å². The lowest BCUT2D eigenvalue weighted by molar-refractivity contribution is -0.123. The summed E-state index contributed by atoms with van der Waals surface area (Å²) in [6.07, 6.45) is 0. The number of carbonyl (C=O) groups is 2. The van der Waals surface area contributed by atoms with Gasteiger partial charge in [0.05, 0.1) is 5.69 Å². The summed E-state index contributed by atoms with van der Waals surface area (Å²) < 4.78 is 5.40. The van der Waals surface area contributed by atoms with Crippen LogP contribution in [0.4, 0.5) is 5.69 Å². The van der Waals surface area contributed by atoms with Crippen LogP contribution in [0.5, 0.6) is 5.75 Å². The molecule has 1 amide bonds. The molecule has 0 saturated carbocycles. The van der Waals surface area contributed by atoms with Crippen LogP contribution in [0.25, 0.3) is 0 Å². The summed E-state index contributed by atoms with van der Waals surface area (Å²) in [5.74, 6) is 0.318. The molecule has 1 N–H and O–H groups in total. The van der Waals surface area contributed by atoms with E-state index in [-0.39, 0.29) is 24.2 Å². The number of ether oxygens (including phenoxy) is 1. The molecule has 0 radical (unpaired) electrons. The number of para-hydroxylation sites is 2. The Kier molecular flexibility index (Phi) is 4.69. The molecule has 0 aliphatic carbocycles. The maximum atomic E-state index is 11.4. The molecule has 1 rings (SSSR count). The summed E-state index contributed by atoms with van der Waals surface area (Å²) in [6.45, 7) is 5.10. The molecule has 92 valence electrons. The zero-order valence-electron chi connectivity index (χ0n) is 10.3. The Balaban J connectivity index is 2.70. The van der Waals surface area contributed by atoms with Gasteiger partial charge in [-0.25, -0.2) is 0 Å². The van der Waals surface area contributed by atoms with Crippen molar-refractivity contribution in [1.82, 2.24) is 0 Å². The molecule has 0 aliphatic rings. The molecule has 0 fully saturated rings. The first kappa shape index (κ1) is 13.2. The van der Waals surface area contributed by atoms with Gasteiger partial charge in [-0.15, -0.1) is 0 Å². The molecule has 0 unspecified atom stereocenters. The molecule has 0 aliphatic heterocycles. The number of benzene rings is 1. The molecule has 17 heavy (non-hydrogen) atoms. The van der Waals surface area contributed by atoms with E-state index in [9.17, 15) is 9.59 Å². The molecule has 0 bridgehead atoms. The molecule has 0 aromatic heterocycles. The summed E-state index contributed by atoms with van der Waals surface area (Å²) in [4.78, 5) is 22.4. The van der Waals surface area contributed by atoms with Crippen LogP contribution in [0, 0.1) is 5.92 Å². The monoisotopic (exact) mass is 235 g/mol. The Bertz CT molecular complexity index is 413. The molecular formula is C13H17NO3. The zero-order valence-corrected chi connectivity index (χ0v) is 10.3. The predicted octanol–water partition coefficient (Wildman–Crippen LogP) is 2.25. The van der Waals surface area contributed by atoms with Gasteiger partial charge in [0, 0.05) is 12.8 Å². The van der Waals surface area contributed by atoms with Crippen molar-refractivity contribution in [2.24, 2.45) is 5.92 Å². The number of ketones is 1. The molecule has 0 atom stereocenters. The molecule has 1 aromatic carbocycles. The van der Waals surface area contributed by atoms with E-state index in [1.807, 2.05) is 13.8 Å². The van der Waals surface area contributed by atoms with E-state index in [4.69, 9.17) is 4.74 Å². The number of carbonyl (C=O) groups excluding carboxylic acids is 2. The van der Waals surface area contributed by atoms with Crippen molar-refractivity contribution in [3.63, 3.8) is 0 Å². The minimum Gasteiger partial charge on any atom is -0.484 e. The molecule has 0 saturated heterocycles. The van der Waals surface area contributed by atoms with E-state index in [2.05, 4.69) is 5.32 Å². The third kappa shape index (κ3) is 4.26. The predicted molar refractivity (Wildman–Crippen MR) is 66.1 cm³/mol. The number of hydrogen-bond donors (Lipinski definition) is 1. The third-order valence-electron chi connectivity index (χ3n) is 2.21. The third-order valence-corrected chi connectivity index (χ3v) is 2.21. The van der Waals surface area contributed by atoms with Crippen LogP contribution in [-0.2, 0) is 9.59 Å². The summed E-state index contributed by atoms with van der Waals surface area (Å²) in [5.41, 5.74) is 0.580. The number of nitrogens with one attached hydrogen (secondary N) is 1. The van der Waals surface area contributed by atoms with Gasteiger partial charge < -0.3 is 10.1 Å². The number of amides is 1. The van der Waals surface area contributed by atoms with Crippen molar-refractivity contribution in [2.75, 3.05) is 11.9 Å². The Morgan fingerprint density at radius 3 is 2.53 bits per heavy atom. The van der Waals surface area contributed by atoms with Crippen LogP contribution in [0.3, 0.4) is 0 Å². The summed E-state index contributed by atoms with van der Waals surface area (Å²) in [5, 5.41) is 2.65. The molecule has 1 aromatic rings. The SMILES string of the molecule is CC(=O)Nc1ccccc1OCC(=O)C(C)C. The largest absolute Gasteiger partial charge is 0.484 e. The zero-order chi connectivity index (χ0) is 12.8. The lowest BCUT2D eigenvalue weighted by atomic mass is 10.1. The Morgan fingerprint density at radius 1 is 1.29 bits per heavy atom. The van der Waals surface area contributed by atoms with Gasteiger partial charge in [-0.2, -0.15) is 0 Å². The highest BCUT2D eigenvalue weighted by Gasteiger charge is 2.10. The number of Topliss-reactive ketones (excluding diaryl/α,β-unsaturated/α-hetero) is 1. The van der Waals surface area contributed by atoms with E-state index >= 15 is 0 Å². The van der Waals surface area contributed by atoms with Gasteiger partial charge in [-0.1, -0.05) is 26.0 Å². The first-order chi connectivity index (χ1) is 8.00. The van der Waals surface area contributed by atoms with Gasteiger partial charge in [-0.05, 0) is 12.1 Å². The summed E-state index contributed by atoms with van der Waals surface area (Å²) in [7, 11) is 0. The molecule has 0 heterocycles. The topological polar surface area (TPSA) is 55.4 Å². The van der Waals surface area contributed by atoms with Crippen LogP contribution in [0.1, 0.15) is 20.8 Å². The molecular weight excluding hydrogens is 218 g/mol. The van der Waals surface area contributed by atoms with Crippen LogP contribution in [0.15, 0.2) is 24.3 Å². The van der Waals surface area contributed by atoms with Crippen molar-refractivity contribution in [3.05, 3.63) is 24.3 Å². The molecule has 0 spiro atoms. The second kappa shape index (κ2) is 6.03. The van der Waals surface area contributed by atoms with Crippen LogP contribution >= 0.6 is 0 Å². The number of rotatable bonds is 5. The number of anilines is 1. The lowest BCUT2D eigenvalue weighted by Gasteiger charge is -2.11. The van der Waals surface area contributed by atoms with Crippen LogP contribution in [0.2, 0.25) is 0 Å². The van der Waals surface area contributed by atoms with Gasteiger partial charge in [0.1, 0.15) is 12.4 Å². The second-order valence-electron chi connectivity index (χ2n) is 4.09. The van der Waals surface area contributed by atoms with Crippen molar-refractivity contribution >= 4 is 17.4 Å². The molecule has 4 heteroatoms. The van der Waals surface area contributed by atoms with E-state index < -0.39 is 0 Å². The average Bonchev–Trinajstić information content (AvgIpc) is 2.26. The van der Waals surface area contributed by atoms with Gasteiger partial charge in [0.15, 0.2) is 5.78 Å². The fraction of sp³-hybridized carbons (Fsp3) is 0.385. The summed E-state index contributed by atoms with van der Waals surface area (Å²) in [6, 6.07) is 7.04. The smallest absolute Gasteiger partial charge is 0.221 e. The minimum atomic E-state index is -0.170. The standard InChI is InChI=1S/C13H17NO3/c1-9(2)12(16)8-17-13-7-5-4-6-11(13)14-10(3)15/h4-7,9H,8H2,1-3H3,(H,14,15). The number of hydrogen-bond acceptors (Lipinski definition) is 3. The van der Waals surface area contributed by atoms with E-state index in [0.29, 0.717) is 11.4 Å². The highest BCUT2D eigenvalue weighted by Crippen LogP contribution is 2.23. The maximum Gasteiger partial charge on any atom is 0.221 e. The van der Waals surface area contributed by atoms with E-state index in [0.717, 1.165) is 0 Å². The van der Waals surface area contributed by atoms with Crippen molar-refractivity contribution < 1.29 is 14.3 Å². The second-order valence-corrected chi connectivity index (χ2v) is 4.09. The first-order valence-corrected chi connectivity index (χ1v) is 5.53. The summed E-state index contributed by atoms with van der Waals surface area (Å²) >= 11 is 0. The van der Waals surface area contributed by atoms with Gasteiger partial charge in [0.25, 0.3) is 0 Å². The Hall–Kier alpha value is -1.84. The highest BCUT2D eigenvalue weighted by molar-refractivity contribution is 5.90. The molecule has 4 nitrogen and oxygen atoms in total. The van der Waals surface area contributed by atoms with Crippen molar-refractivity contribution in [1.29, 1.82) is 0 Å². The minimum absolute atomic E-state index is 0.0221. The first-order valence-electron chi connectivity index (χ1n) is 5.53. The lowest BCUT2D eigenvalue weighted by Crippen LogP contribution is -2.17. The maximum absolute atomic E-state index is 11.4. The quantitative estimate of drug-likeness (QED) is 0.851. The van der Waals surface area contributed by atoms with E-state index in [1.54, 1.807) is 24.3 Å². The fourth-order valence-electron chi connectivity index (χ4n) is 1.20. The Labute approximate surface area is 101 Å². The fourth-order valence-corrected chi connectivity index (χ4v) is 1.20. The normalized spacial score (nSPS) is 10.1. The van der Waals surface area contributed by atoms with E-state index in [1.165, 1.54) is 6.92 Å². The van der Waals surface area contributed by atoms with Crippen molar-refractivity contribution in [3.8, 4) is 5.75 Å². The average molecular weight is 235 g/mol. The highest BCUT2D eigenvalue weighted by atomic mass is 16.5. The van der Waals surface area contributed by atoms with Gasteiger partial charge in [-0.3, -0.25) is 9.59 Å². The van der Waals surface area contributed by atoms with Gasteiger partial charge >= 0.3 is 0 Å². The Morgan fingerprint density at radius 2 is 1.94 bits per heavy atom. The van der Waals surface area contributed by atoms with Crippen LogP contribution < -0.4 is 10.1 Å². The van der Waals surface area contributed by atoms with Crippen LogP contribution in [-0.4, -0.2) is 18.3 Å².